The van der Waals surface area contributed by atoms with Crippen LogP contribution in [0.5, 0.6) is 0 Å². The van der Waals surface area contributed by atoms with E-state index in [2.05, 4.69) is 33.3 Å². The Balaban J connectivity index is 2.05. The minimum atomic E-state index is 0.718. The molecule has 0 saturated carbocycles. The van der Waals surface area contributed by atoms with Gasteiger partial charge in [-0.3, -0.25) is 0 Å². The molecule has 0 amide bonds. The summed E-state index contributed by atoms with van der Waals surface area (Å²) in [6.45, 7) is 4.78. The number of aryl methyl sites for hydroxylation is 2. The number of nitrogens with zero attached hydrogens (tertiary/aromatic N) is 2. The lowest BCUT2D eigenvalue weighted by atomic mass is 10.2. The Morgan fingerprint density at radius 2 is 2.20 bits per heavy atom. The minimum Gasteiger partial charge on any atom is -0.364 e. The van der Waals surface area contributed by atoms with E-state index in [1.807, 2.05) is 13.0 Å². The Kier molecular flexibility index (Phi) is 2.67. The van der Waals surface area contributed by atoms with Gasteiger partial charge < -0.3 is 10.3 Å². The van der Waals surface area contributed by atoms with Crippen molar-refractivity contribution < 1.29 is 0 Å². The van der Waals surface area contributed by atoms with Crippen LogP contribution in [0.3, 0.4) is 0 Å². The number of pyridine rings is 1. The summed E-state index contributed by atoms with van der Waals surface area (Å²) in [5, 5.41) is 3.25. The van der Waals surface area contributed by atoms with E-state index in [4.69, 9.17) is 0 Å². The summed E-state index contributed by atoms with van der Waals surface area (Å²) in [4.78, 5) is 11.4. The predicted molar refractivity (Wildman–Crippen MR) is 59.6 cm³/mol. The largest absolute Gasteiger partial charge is 0.364 e. The summed E-state index contributed by atoms with van der Waals surface area (Å²) in [5.74, 6) is 0.905. The zero-order valence-electron chi connectivity index (χ0n) is 8.91. The third kappa shape index (κ3) is 2.56. The molecular formula is C11H14N4. The fraction of sp³-hybridized carbons (Fsp3) is 0.273. The van der Waals surface area contributed by atoms with Gasteiger partial charge in [-0.2, -0.15) is 0 Å². The van der Waals surface area contributed by atoms with Crippen LogP contribution in [-0.2, 0) is 6.54 Å². The maximum Gasteiger partial charge on any atom is 0.126 e. The first-order valence-electron chi connectivity index (χ1n) is 4.90. The Hall–Kier alpha value is -1.84. The molecule has 0 aliphatic heterocycles. The Morgan fingerprint density at radius 1 is 1.33 bits per heavy atom. The van der Waals surface area contributed by atoms with Crippen LogP contribution in [0.25, 0.3) is 0 Å². The number of hydrogen-bond acceptors (Lipinski definition) is 3. The molecule has 0 radical (unpaired) electrons. The second-order valence-corrected chi connectivity index (χ2v) is 3.60. The average molecular weight is 202 g/mol. The molecule has 2 aromatic heterocycles. The van der Waals surface area contributed by atoms with E-state index in [9.17, 15) is 0 Å². The molecule has 0 saturated heterocycles. The molecule has 2 heterocycles. The molecule has 0 unspecified atom stereocenters. The van der Waals surface area contributed by atoms with Crippen molar-refractivity contribution in [1.29, 1.82) is 0 Å². The summed E-state index contributed by atoms with van der Waals surface area (Å²) >= 11 is 0. The third-order valence-electron chi connectivity index (χ3n) is 2.11. The molecule has 0 fully saturated rings. The lowest BCUT2D eigenvalue weighted by Crippen LogP contribution is -2.02. The van der Waals surface area contributed by atoms with Crippen LogP contribution in [0.1, 0.15) is 17.0 Å². The zero-order chi connectivity index (χ0) is 10.7. The van der Waals surface area contributed by atoms with E-state index in [-0.39, 0.29) is 0 Å². The number of H-pyrrole nitrogens is 1. The molecule has 4 nitrogen and oxygen atoms in total. The van der Waals surface area contributed by atoms with Gasteiger partial charge in [0.1, 0.15) is 5.82 Å². The van der Waals surface area contributed by atoms with Gasteiger partial charge in [0, 0.05) is 11.9 Å². The summed E-state index contributed by atoms with van der Waals surface area (Å²) in [6.07, 6.45) is 3.47. The van der Waals surface area contributed by atoms with Crippen molar-refractivity contribution in [2.75, 3.05) is 5.32 Å². The van der Waals surface area contributed by atoms with Gasteiger partial charge in [0.25, 0.3) is 0 Å². The molecule has 0 bridgehead atoms. The van der Waals surface area contributed by atoms with Crippen LogP contribution in [-0.4, -0.2) is 15.0 Å². The maximum absolute atomic E-state index is 4.39. The monoisotopic (exact) mass is 202 g/mol. The van der Waals surface area contributed by atoms with E-state index in [1.165, 1.54) is 5.56 Å². The van der Waals surface area contributed by atoms with Gasteiger partial charge in [-0.05, 0) is 31.5 Å². The third-order valence-corrected chi connectivity index (χ3v) is 2.11. The van der Waals surface area contributed by atoms with E-state index in [0.29, 0.717) is 0 Å². The minimum absolute atomic E-state index is 0.718. The van der Waals surface area contributed by atoms with Crippen molar-refractivity contribution in [1.82, 2.24) is 15.0 Å². The number of aromatic amines is 1. The van der Waals surface area contributed by atoms with Gasteiger partial charge in [0.05, 0.1) is 18.6 Å². The quantitative estimate of drug-likeness (QED) is 0.800. The van der Waals surface area contributed by atoms with Crippen LogP contribution < -0.4 is 5.32 Å². The van der Waals surface area contributed by atoms with Gasteiger partial charge in [0.2, 0.25) is 0 Å². The van der Waals surface area contributed by atoms with Gasteiger partial charge in [-0.25, -0.2) is 9.97 Å². The summed E-state index contributed by atoms with van der Waals surface area (Å²) in [6, 6.07) is 4.09. The van der Waals surface area contributed by atoms with E-state index in [0.717, 1.165) is 23.8 Å². The van der Waals surface area contributed by atoms with Crippen LogP contribution in [0.2, 0.25) is 0 Å². The number of hydrogen-bond donors (Lipinski definition) is 2. The first kappa shape index (κ1) is 9.71. The zero-order valence-corrected chi connectivity index (χ0v) is 8.91. The van der Waals surface area contributed by atoms with E-state index >= 15 is 0 Å². The average Bonchev–Trinajstić information content (AvgIpc) is 2.65. The molecule has 78 valence electrons. The Bertz CT molecular complexity index is 414. The lowest BCUT2D eigenvalue weighted by Gasteiger charge is -2.05. The molecule has 0 aliphatic rings. The van der Waals surface area contributed by atoms with Gasteiger partial charge in [0.15, 0.2) is 0 Å². The fourth-order valence-corrected chi connectivity index (χ4v) is 1.50. The Labute approximate surface area is 88.8 Å². The molecular weight excluding hydrogens is 188 g/mol. The summed E-state index contributed by atoms with van der Waals surface area (Å²) in [5.41, 5.74) is 3.30. The normalized spacial score (nSPS) is 10.3. The maximum atomic E-state index is 4.39. The lowest BCUT2D eigenvalue weighted by molar-refractivity contribution is 1.04. The highest BCUT2D eigenvalue weighted by Gasteiger charge is 1.98. The van der Waals surface area contributed by atoms with Crippen molar-refractivity contribution in [3.63, 3.8) is 0 Å². The molecule has 2 N–H and O–H groups in total. The highest BCUT2D eigenvalue weighted by atomic mass is 15.0. The second kappa shape index (κ2) is 4.13. The van der Waals surface area contributed by atoms with Crippen molar-refractivity contribution in [2.24, 2.45) is 0 Å². The summed E-state index contributed by atoms with van der Waals surface area (Å²) in [7, 11) is 0. The number of nitrogens with one attached hydrogen (secondary N) is 2. The first-order valence-corrected chi connectivity index (χ1v) is 4.90. The van der Waals surface area contributed by atoms with Crippen LogP contribution in [0, 0.1) is 13.8 Å². The van der Waals surface area contributed by atoms with Crippen molar-refractivity contribution in [3.05, 3.63) is 41.6 Å². The van der Waals surface area contributed by atoms with E-state index in [1.54, 1.807) is 12.5 Å². The standard InChI is InChI=1S/C11H14N4/c1-8-3-9(2)15-11(4-8)13-6-10-5-12-7-14-10/h3-5,7H,6H2,1-2H3,(H,12,14)(H,13,15). The van der Waals surface area contributed by atoms with Crippen LogP contribution in [0.15, 0.2) is 24.7 Å². The van der Waals surface area contributed by atoms with Gasteiger partial charge in [-0.15, -0.1) is 0 Å². The van der Waals surface area contributed by atoms with Gasteiger partial charge >= 0.3 is 0 Å². The molecule has 0 atom stereocenters. The Morgan fingerprint density at radius 3 is 2.87 bits per heavy atom. The predicted octanol–water partition coefficient (Wildman–Crippen LogP) is 2.03. The first-order chi connectivity index (χ1) is 7.24. The number of aromatic nitrogens is 3. The molecule has 0 aliphatic carbocycles. The second-order valence-electron chi connectivity index (χ2n) is 3.60. The SMILES string of the molecule is Cc1cc(C)nc(NCc2cnc[nH]2)c1. The van der Waals surface area contributed by atoms with Crippen molar-refractivity contribution in [3.8, 4) is 0 Å². The van der Waals surface area contributed by atoms with Crippen molar-refractivity contribution >= 4 is 5.82 Å². The molecule has 15 heavy (non-hydrogen) atoms. The van der Waals surface area contributed by atoms with Gasteiger partial charge in [-0.1, -0.05) is 0 Å². The number of imidazole rings is 1. The molecule has 0 aromatic carbocycles. The van der Waals surface area contributed by atoms with Crippen LogP contribution in [0.4, 0.5) is 5.82 Å². The highest BCUT2D eigenvalue weighted by Crippen LogP contribution is 2.09. The number of anilines is 1. The van der Waals surface area contributed by atoms with Crippen LogP contribution >= 0.6 is 0 Å². The summed E-state index contributed by atoms with van der Waals surface area (Å²) < 4.78 is 0. The molecule has 4 heteroatoms. The molecule has 2 rings (SSSR count). The van der Waals surface area contributed by atoms with E-state index < -0.39 is 0 Å². The molecule has 0 spiro atoms. The van der Waals surface area contributed by atoms with Crippen molar-refractivity contribution in [2.45, 2.75) is 20.4 Å². The highest BCUT2D eigenvalue weighted by molar-refractivity contribution is 5.39. The number of rotatable bonds is 3. The molecule has 2 aromatic rings. The topological polar surface area (TPSA) is 53.6 Å². The smallest absolute Gasteiger partial charge is 0.126 e. The fourth-order valence-electron chi connectivity index (χ4n) is 1.50.